The van der Waals surface area contributed by atoms with Crippen molar-refractivity contribution >= 4 is 11.9 Å². The number of likely N-dealkylation sites (tertiary alicyclic amines) is 1. The first-order chi connectivity index (χ1) is 14.1. The third kappa shape index (κ3) is 3.82. The average molecular weight is 415 g/mol. The molecule has 158 valence electrons. The number of β-amino-alcohol motifs (C(OH)–C–C–N with tert-alkyl or cyclic N) is 1. The molecule has 2 N–H and O–H groups in total. The Kier molecular flexibility index (Phi) is 4.89. The number of hydrogen-bond donors (Lipinski definition) is 2. The van der Waals surface area contributed by atoms with Crippen molar-refractivity contribution in [2.45, 2.75) is 38.4 Å². The molecule has 2 heterocycles. The van der Waals surface area contributed by atoms with Gasteiger partial charge in [0.1, 0.15) is 28.7 Å². The smallest absolute Gasteiger partial charge is 0.335 e. The molecule has 2 aromatic carbocycles. The zero-order chi connectivity index (χ0) is 21.6. The monoisotopic (exact) mass is 415 g/mol. The van der Waals surface area contributed by atoms with Crippen molar-refractivity contribution in [1.29, 1.82) is 0 Å². The number of carboxylic acids is 1. The summed E-state index contributed by atoms with van der Waals surface area (Å²) < 4.78 is 26.3. The van der Waals surface area contributed by atoms with Crippen LogP contribution >= 0.6 is 0 Å². The number of carbonyl (C=O) groups excluding carboxylic acids is 1. The minimum Gasteiger partial charge on any atom is -0.487 e. The predicted octanol–water partition coefficient (Wildman–Crippen LogP) is 3.24. The van der Waals surface area contributed by atoms with Gasteiger partial charge in [-0.1, -0.05) is 0 Å². The van der Waals surface area contributed by atoms with Gasteiger partial charge in [-0.3, -0.25) is 4.79 Å². The second-order valence-electron chi connectivity index (χ2n) is 8.23. The van der Waals surface area contributed by atoms with Gasteiger partial charge in [0, 0.05) is 31.1 Å². The number of aliphatic hydroxyl groups excluding tert-OH is 1. The summed E-state index contributed by atoms with van der Waals surface area (Å²) >= 11 is 0. The number of carbonyl (C=O) groups is 2. The molecule has 0 saturated carbocycles. The van der Waals surface area contributed by atoms with Crippen molar-refractivity contribution in [3.63, 3.8) is 0 Å². The predicted molar refractivity (Wildman–Crippen MR) is 105 cm³/mol. The SMILES string of the molecule is CC1(C)Cc2c(Oc3ccc(C(=O)N4CC[C@H](O)C4)c(F)c3)cc(C(=O)O)cc2O1. The van der Waals surface area contributed by atoms with Crippen molar-refractivity contribution in [1.82, 2.24) is 4.90 Å². The molecular weight excluding hydrogens is 393 g/mol. The van der Waals surface area contributed by atoms with E-state index in [1.54, 1.807) is 0 Å². The van der Waals surface area contributed by atoms with Crippen LogP contribution in [0.1, 0.15) is 46.5 Å². The molecule has 0 radical (unpaired) electrons. The highest BCUT2D eigenvalue weighted by Gasteiger charge is 2.34. The highest BCUT2D eigenvalue weighted by molar-refractivity contribution is 5.95. The molecule has 7 nitrogen and oxygen atoms in total. The molecule has 0 aromatic heterocycles. The summed E-state index contributed by atoms with van der Waals surface area (Å²) in [5.41, 5.74) is 0.0858. The summed E-state index contributed by atoms with van der Waals surface area (Å²) in [6, 6.07) is 6.73. The van der Waals surface area contributed by atoms with E-state index in [-0.39, 0.29) is 29.2 Å². The Morgan fingerprint density at radius 3 is 2.67 bits per heavy atom. The van der Waals surface area contributed by atoms with Crippen molar-refractivity contribution in [3.8, 4) is 17.2 Å². The van der Waals surface area contributed by atoms with Gasteiger partial charge in [0.2, 0.25) is 0 Å². The Labute approximate surface area is 172 Å². The van der Waals surface area contributed by atoms with Crippen molar-refractivity contribution in [3.05, 3.63) is 52.8 Å². The van der Waals surface area contributed by atoms with E-state index in [0.717, 1.165) is 6.07 Å². The van der Waals surface area contributed by atoms with Crippen LogP contribution in [0.15, 0.2) is 30.3 Å². The van der Waals surface area contributed by atoms with Crippen molar-refractivity contribution in [2.24, 2.45) is 0 Å². The van der Waals surface area contributed by atoms with E-state index in [1.165, 1.54) is 29.2 Å². The molecule has 2 aliphatic rings. The summed E-state index contributed by atoms with van der Waals surface area (Å²) in [6.07, 6.45) is 0.390. The third-order valence-corrected chi connectivity index (χ3v) is 5.25. The van der Waals surface area contributed by atoms with Crippen LogP contribution in [-0.2, 0) is 6.42 Å². The summed E-state index contributed by atoms with van der Waals surface area (Å²) in [4.78, 5) is 25.3. The first-order valence-corrected chi connectivity index (χ1v) is 9.67. The van der Waals surface area contributed by atoms with Gasteiger partial charge in [-0.2, -0.15) is 0 Å². The summed E-state index contributed by atoms with van der Waals surface area (Å²) in [6.45, 7) is 4.32. The summed E-state index contributed by atoms with van der Waals surface area (Å²) in [7, 11) is 0. The Bertz CT molecular complexity index is 1030. The molecule has 30 heavy (non-hydrogen) atoms. The first-order valence-electron chi connectivity index (χ1n) is 9.67. The van der Waals surface area contributed by atoms with E-state index in [0.29, 0.717) is 30.7 Å². The third-order valence-electron chi connectivity index (χ3n) is 5.25. The summed E-state index contributed by atoms with van der Waals surface area (Å²) in [5, 5.41) is 19.0. The fourth-order valence-electron chi connectivity index (χ4n) is 3.82. The van der Waals surface area contributed by atoms with Crippen LogP contribution in [-0.4, -0.2) is 51.8 Å². The van der Waals surface area contributed by atoms with Gasteiger partial charge in [0.25, 0.3) is 5.91 Å². The number of ether oxygens (including phenoxy) is 2. The molecule has 1 fully saturated rings. The Morgan fingerprint density at radius 2 is 2.03 bits per heavy atom. The Hall–Kier alpha value is -3.13. The zero-order valence-corrected chi connectivity index (χ0v) is 16.6. The minimum absolute atomic E-state index is 0.00121. The van der Waals surface area contributed by atoms with E-state index >= 15 is 0 Å². The van der Waals surface area contributed by atoms with Crippen LogP contribution in [0.25, 0.3) is 0 Å². The van der Waals surface area contributed by atoms with E-state index in [9.17, 15) is 24.2 Å². The molecule has 8 heteroatoms. The number of hydrogen-bond acceptors (Lipinski definition) is 5. The lowest BCUT2D eigenvalue weighted by molar-refractivity contribution is 0.0694. The highest BCUT2D eigenvalue weighted by Crippen LogP contribution is 2.43. The van der Waals surface area contributed by atoms with Crippen LogP contribution in [0, 0.1) is 5.82 Å². The largest absolute Gasteiger partial charge is 0.487 e. The fraction of sp³-hybridized carbons (Fsp3) is 0.364. The van der Waals surface area contributed by atoms with Gasteiger partial charge in [-0.05, 0) is 44.5 Å². The molecule has 1 amide bonds. The number of carboxylic acid groups (broad SMARTS) is 1. The number of halogens is 1. The maximum atomic E-state index is 14.6. The molecule has 0 bridgehead atoms. The Balaban J connectivity index is 1.62. The highest BCUT2D eigenvalue weighted by atomic mass is 19.1. The number of fused-ring (bicyclic) bond motifs is 1. The second-order valence-corrected chi connectivity index (χ2v) is 8.23. The molecule has 0 unspecified atom stereocenters. The average Bonchev–Trinajstić information content (AvgIpc) is 3.23. The maximum Gasteiger partial charge on any atom is 0.335 e. The van der Waals surface area contributed by atoms with Crippen LogP contribution in [0.5, 0.6) is 17.2 Å². The molecule has 4 rings (SSSR count). The molecule has 2 aromatic rings. The molecule has 1 atom stereocenters. The molecular formula is C22H22FNO6. The fourth-order valence-corrected chi connectivity index (χ4v) is 3.82. The van der Waals surface area contributed by atoms with Gasteiger partial charge < -0.3 is 24.6 Å². The van der Waals surface area contributed by atoms with Gasteiger partial charge >= 0.3 is 5.97 Å². The van der Waals surface area contributed by atoms with Crippen molar-refractivity contribution in [2.75, 3.05) is 13.1 Å². The van der Waals surface area contributed by atoms with E-state index in [4.69, 9.17) is 9.47 Å². The number of amides is 1. The van der Waals surface area contributed by atoms with Crippen LogP contribution in [0.2, 0.25) is 0 Å². The van der Waals surface area contributed by atoms with Crippen LogP contribution in [0.4, 0.5) is 4.39 Å². The molecule has 2 aliphatic heterocycles. The number of benzene rings is 2. The van der Waals surface area contributed by atoms with Crippen LogP contribution in [0.3, 0.4) is 0 Å². The zero-order valence-electron chi connectivity index (χ0n) is 16.6. The second kappa shape index (κ2) is 7.28. The van der Waals surface area contributed by atoms with E-state index in [2.05, 4.69) is 0 Å². The lowest BCUT2D eigenvalue weighted by Gasteiger charge is -2.16. The van der Waals surface area contributed by atoms with Gasteiger partial charge in [0.05, 0.1) is 17.2 Å². The quantitative estimate of drug-likeness (QED) is 0.796. The maximum absolute atomic E-state index is 14.6. The van der Waals surface area contributed by atoms with E-state index in [1.807, 2.05) is 13.8 Å². The summed E-state index contributed by atoms with van der Waals surface area (Å²) in [5.74, 6) is -1.52. The normalized spacial score (nSPS) is 19.3. The first kappa shape index (κ1) is 20.2. The number of rotatable bonds is 4. The van der Waals surface area contributed by atoms with Gasteiger partial charge in [0.15, 0.2) is 0 Å². The topological polar surface area (TPSA) is 96.3 Å². The lowest BCUT2D eigenvalue weighted by Crippen LogP contribution is -2.30. The van der Waals surface area contributed by atoms with Gasteiger partial charge in [-0.25, -0.2) is 9.18 Å². The van der Waals surface area contributed by atoms with Gasteiger partial charge in [-0.15, -0.1) is 0 Å². The molecule has 0 spiro atoms. The molecule has 0 aliphatic carbocycles. The number of aromatic carboxylic acids is 1. The number of aliphatic hydroxyl groups is 1. The Morgan fingerprint density at radius 1 is 1.27 bits per heavy atom. The standard InChI is InChI=1S/C22H22FNO6/c1-22(2)10-16-18(7-12(21(27)28)8-19(16)30-22)29-14-3-4-15(17(23)9-14)20(26)24-6-5-13(25)11-24/h3-4,7-9,13,25H,5-6,10-11H2,1-2H3,(H,27,28)/t13-/m0/s1. The minimum atomic E-state index is -1.13. The number of nitrogens with zero attached hydrogens (tertiary/aromatic N) is 1. The van der Waals surface area contributed by atoms with Crippen molar-refractivity contribution < 1.29 is 33.7 Å². The lowest BCUT2D eigenvalue weighted by atomic mass is 10.00. The molecule has 1 saturated heterocycles. The van der Waals surface area contributed by atoms with E-state index < -0.39 is 29.4 Å². The van der Waals surface area contributed by atoms with Crippen LogP contribution < -0.4 is 9.47 Å².